The zero-order valence-corrected chi connectivity index (χ0v) is 35.4. The minimum Gasteiger partial charge on any atom is -0.500 e. The van der Waals surface area contributed by atoms with Crippen LogP contribution in [0.1, 0.15) is 101 Å². The van der Waals surface area contributed by atoms with Crippen LogP contribution in [0.15, 0.2) is 126 Å². The van der Waals surface area contributed by atoms with E-state index in [1.807, 2.05) is 42.6 Å². The Morgan fingerprint density at radius 2 is 1.56 bits per heavy atom. The molecule has 1 saturated carbocycles. The second-order valence-electron chi connectivity index (χ2n) is 16.6. The number of aryl methyl sites for hydroxylation is 2. The smallest absolute Gasteiger partial charge is 0.128 e. The number of aromatic nitrogens is 2. The van der Waals surface area contributed by atoms with Crippen LogP contribution in [0.3, 0.4) is 0 Å². The average molecular weight is 934 g/mol. The summed E-state index contributed by atoms with van der Waals surface area (Å²) in [6.45, 7) is 4.82. The Bertz CT molecular complexity index is 3030. The number of furan rings is 1. The van der Waals surface area contributed by atoms with Crippen LogP contribution >= 0.6 is 0 Å². The minimum atomic E-state index is -2.56. The van der Waals surface area contributed by atoms with Gasteiger partial charge in [-0.05, 0) is 89.6 Å². The van der Waals surface area contributed by atoms with E-state index in [-0.39, 0.29) is 42.5 Å². The molecule has 0 bridgehead atoms. The average Bonchev–Trinajstić information content (AvgIpc) is 3.66. The van der Waals surface area contributed by atoms with Gasteiger partial charge in [0.25, 0.3) is 0 Å². The van der Waals surface area contributed by atoms with Gasteiger partial charge in [-0.3, -0.25) is 0 Å². The van der Waals surface area contributed by atoms with Crippen LogP contribution in [0, 0.1) is 36.7 Å². The van der Waals surface area contributed by atoms with E-state index in [9.17, 15) is 1.37 Å². The molecule has 0 amide bonds. The summed E-state index contributed by atoms with van der Waals surface area (Å²) >= 11 is 0. The Kier molecular flexibility index (Phi) is 8.77. The summed E-state index contributed by atoms with van der Waals surface area (Å²) in [4.78, 5) is 9.04. The molecule has 291 valence electrons. The van der Waals surface area contributed by atoms with Gasteiger partial charge in [0, 0.05) is 55.6 Å². The van der Waals surface area contributed by atoms with Gasteiger partial charge in [0.2, 0.25) is 0 Å². The normalized spacial score (nSPS) is 17.9. The van der Waals surface area contributed by atoms with Crippen LogP contribution in [-0.4, -0.2) is 9.97 Å². The van der Waals surface area contributed by atoms with E-state index in [1.54, 1.807) is 39.0 Å². The zero-order chi connectivity index (χ0) is 46.7. The molecular formula is C53H52IrN2O-2. The molecule has 57 heavy (non-hydrogen) atoms. The summed E-state index contributed by atoms with van der Waals surface area (Å²) in [5.74, 6) is -0.550. The number of pyridine rings is 2. The van der Waals surface area contributed by atoms with Crippen LogP contribution in [0.4, 0.5) is 0 Å². The van der Waals surface area contributed by atoms with Gasteiger partial charge in [0.1, 0.15) is 5.58 Å². The Hall–Kier alpha value is -4.89. The predicted molar refractivity (Wildman–Crippen MR) is 235 cm³/mol. The number of hydrogen-bond acceptors (Lipinski definition) is 3. The van der Waals surface area contributed by atoms with Gasteiger partial charge in [0.15, 0.2) is 0 Å². The zero-order valence-electron chi connectivity index (χ0n) is 42.0. The quantitative estimate of drug-likeness (QED) is 0.161. The molecule has 0 atom stereocenters. The topological polar surface area (TPSA) is 38.9 Å². The predicted octanol–water partition coefficient (Wildman–Crippen LogP) is 14.7. The molecule has 3 nitrogen and oxygen atoms in total. The third-order valence-electron chi connectivity index (χ3n) is 10.7. The van der Waals surface area contributed by atoms with Crippen LogP contribution in [-0.2, 0) is 26.5 Å². The second kappa shape index (κ2) is 16.5. The summed E-state index contributed by atoms with van der Waals surface area (Å²) in [6, 6.07) is 40.5. The molecule has 4 heteroatoms. The Morgan fingerprint density at radius 1 is 0.807 bits per heavy atom. The van der Waals surface area contributed by atoms with Gasteiger partial charge in [-0.1, -0.05) is 148 Å². The van der Waals surface area contributed by atoms with Crippen molar-refractivity contribution in [3.63, 3.8) is 0 Å². The second-order valence-corrected chi connectivity index (χ2v) is 16.6. The van der Waals surface area contributed by atoms with Crippen molar-refractivity contribution in [2.45, 2.75) is 86.3 Å². The molecular weight excluding hydrogens is 873 g/mol. The van der Waals surface area contributed by atoms with E-state index < -0.39 is 31.4 Å². The van der Waals surface area contributed by atoms with Crippen molar-refractivity contribution in [2.24, 2.45) is 10.8 Å². The van der Waals surface area contributed by atoms with E-state index in [0.717, 1.165) is 69.8 Å². The third-order valence-corrected chi connectivity index (χ3v) is 10.7. The third kappa shape index (κ3) is 8.84. The fourth-order valence-electron chi connectivity index (χ4n) is 7.57. The molecule has 0 saturated heterocycles. The fourth-order valence-corrected chi connectivity index (χ4v) is 7.57. The van der Waals surface area contributed by atoms with E-state index >= 15 is 0 Å². The van der Waals surface area contributed by atoms with Crippen molar-refractivity contribution >= 4 is 32.7 Å². The number of rotatable bonds is 5. The first-order valence-corrected chi connectivity index (χ1v) is 19.3. The fraction of sp³-hybridized carbons (Fsp3) is 0.283. The van der Waals surface area contributed by atoms with Gasteiger partial charge in [0.05, 0.1) is 5.58 Å². The molecule has 3 heterocycles. The van der Waals surface area contributed by atoms with Crippen LogP contribution in [0.2, 0.25) is 0 Å². The number of hydrogen-bond donors (Lipinski definition) is 0. The molecule has 0 spiro atoms. The van der Waals surface area contributed by atoms with Gasteiger partial charge >= 0.3 is 0 Å². The van der Waals surface area contributed by atoms with Gasteiger partial charge in [-0.25, -0.2) is 0 Å². The molecule has 1 aliphatic carbocycles. The van der Waals surface area contributed by atoms with Crippen molar-refractivity contribution in [3.8, 4) is 33.6 Å². The molecule has 1 radical (unpaired) electrons. The molecule has 0 unspecified atom stereocenters. The van der Waals surface area contributed by atoms with E-state index in [2.05, 4.69) is 78.4 Å². The SMILES string of the molecule is [2H]C([2H])([2H])c1c[c-]c(-c2cc(C([2H])([2H])[2H])c(C([2H])([2H])C(C)(C)C)cn2)cc1-c1ccccc1.[2H]C1(c2ccnc(-c3[c-]ccc4c3oc3c5ccccc5ccc43)c2)CCC(C)(C)CC1.[Ir]. The van der Waals surface area contributed by atoms with Gasteiger partial charge in [-0.2, -0.15) is 0 Å². The maximum atomic E-state index is 9.18. The van der Waals surface area contributed by atoms with Crippen molar-refractivity contribution in [1.82, 2.24) is 9.97 Å². The number of fused-ring (bicyclic) bond motifs is 5. The summed E-state index contributed by atoms with van der Waals surface area (Å²) in [5.41, 5.74) is 5.85. The summed E-state index contributed by atoms with van der Waals surface area (Å²) in [7, 11) is 0. The maximum absolute atomic E-state index is 9.18. The number of benzene rings is 5. The molecule has 1 fully saturated rings. The van der Waals surface area contributed by atoms with Gasteiger partial charge in [-0.15, -0.1) is 47.5 Å². The Morgan fingerprint density at radius 3 is 2.33 bits per heavy atom. The van der Waals surface area contributed by atoms with E-state index in [1.165, 1.54) is 23.7 Å². The first kappa shape index (κ1) is 30.2. The molecule has 0 aliphatic heterocycles. The summed E-state index contributed by atoms with van der Waals surface area (Å²) < 4.78 is 80.5. The molecule has 3 aromatic heterocycles. The number of nitrogens with zero attached hydrogens (tertiary/aromatic N) is 2. The molecule has 1 aliphatic rings. The summed E-state index contributed by atoms with van der Waals surface area (Å²) in [6.07, 6.45) is 5.09. The maximum Gasteiger partial charge on any atom is 0.128 e. The largest absolute Gasteiger partial charge is 0.500 e. The van der Waals surface area contributed by atoms with Crippen LogP contribution in [0.25, 0.3) is 66.4 Å². The van der Waals surface area contributed by atoms with Crippen molar-refractivity contribution in [3.05, 3.63) is 156 Å². The van der Waals surface area contributed by atoms with Crippen LogP contribution < -0.4 is 0 Å². The van der Waals surface area contributed by atoms with Crippen molar-refractivity contribution in [2.75, 3.05) is 0 Å². The Labute approximate surface area is 365 Å². The first-order chi connectivity index (χ1) is 30.5. The van der Waals surface area contributed by atoms with Crippen LogP contribution in [0.5, 0.6) is 0 Å². The summed E-state index contributed by atoms with van der Waals surface area (Å²) in [5, 5.41) is 4.47. The monoisotopic (exact) mass is 934 g/mol. The van der Waals surface area contributed by atoms with Crippen molar-refractivity contribution in [1.29, 1.82) is 0 Å². The first-order valence-electron chi connectivity index (χ1n) is 23.8. The molecule has 9 rings (SSSR count). The van der Waals surface area contributed by atoms with E-state index in [0.29, 0.717) is 22.1 Å². The standard InChI is InChI=1S/C29H26NO.C24H26N.Ir/c1-29(2)15-12-19(13-16-29)21-14-17-30-26(18-21)25-9-5-8-23-24-11-10-20-6-3-4-7-22(20)27(24)31-28(23)25;1-17-11-12-20(14-22(17)19-9-7-6-8-10-19)23-13-18(2)21(16-25-23)15-24(3,4)5;/h3-8,10-11,14,17-19H,12-13,15-16H2,1-2H3;6-11,13-14,16H,15H2,1-5H3;/q2*-1;/i19D;1D3,2D3,15D2;. The van der Waals surface area contributed by atoms with E-state index in [4.69, 9.17) is 15.4 Å². The molecule has 0 N–H and O–H groups in total. The minimum absolute atomic E-state index is 0. The molecule has 8 aromatic rings. The molecule has 5 aromatic carbocycles. The van der Waals surface area contributed by atoms with Gasteiger partial charge < -0.3 is 14.4 Å². The Balaban J connectivity index is 0.000000193. The van der Waals surface area contributed by atoms with Crippen molar-refractivity contribution < 1.29 is 36.9 Å².